The molecule has 0 amide bonds. The highest BCUT2D eigenvalue weighted by Crippen LogP contribution is 2.72. The van der Waals surface area contributed by atoms with Gasteiger partial charge in [-0.2, -0.15) is 0 Å². The van der Waals surface area contributed by atoms with Gasteiger partial charge in [0.2, 0.25) is 0 Å². The lowest BCUT2D eigenvalue weighted by atomic mass is 10.6. The third-order valence-corrected chi connectivity index (χ3v) is 37.6. The molecule has 0 bridgehead atoms. The molecule has 0 aliphatic rings. The molecule has 0 aromatic carbocycles. The first-order chi connectivity index (χ1) is 30.1. The van der Waals surface area contributed by atoms with Gasteiger partial charge in [-0.1, -0.05) is 55.4 Å². The minimum absolute atomic E-state index is 0.730. The molecule has 0 saturated carbocycles. The molecule has 0 rings (SSSR count). The Kier molecular flexibility index (Phi) is 38.9. The van der Waals surface area contributed by atoms with Gasteiger partial charge < -0.3 is 0 Å². The number of hydrogen-bond acceptors (Lipinski definition) is 12. The zero-order valence-electron chi connectivity index (χ0n) is 46.8. The Morgan fingerprint density at radius 1 is 0.235 bits per heavy atom. The first-order valence-corrected chi connectivity index (χ1v) is 48.8. The molecular formula is C40H104F4O12P4S8. The molecule has 68 heavy (non-hydrogen) atoms. The predicted molar refractivity (Wildman–Crippen MR) is 320 cm³/mol. The number of halogens is 4. The summed E-state index contributed by atoms with van der Waals surface area (Å²) < 4.78 is 143. The fraction of sp³-hybridized carbons (Fsp3) is 1.00. The molecule has 0 heterocycles. The third kappa shape index (κ3) is 46.4. The van der Waals surface area contributed by atoms with E-state index in [1.54, 1.807) is 0 Å². The molecule has 0 aromatic rings. The Morgan fingerprint density at radius 3 is 0.368 bits per heavy atom. The normalized spacial score (nSPS) is 15.9. The molecule has 0 unspecified atom stereocenters. The van der Waals surface area contributed by atoms with Crippen LogP contribution in [0.15, 0.2) is 0 Å². The van der Waals surface area contributed by atoms with Gasteiger partial charge in [-0.25, -0.2) is 50.0 Å². The van der Waals surface area contributed by atoms with Crippen LogP contribution in [0, 0.1) is 0 Å². The smallest absolute Gasteiger partial charge is 0.234 e. The molecule has 28 heteroatoms. The Bertz CT molecular complexity index is 1270. The van der Waals surface area contributed by atoms with Gasteiger partial charge in [-0.05, 0) is 197 Å². The number of rotatable bonds is 32. The van der Waals surface area contributed by atoms with Crippen LogP contribution in [0.2, 0.25) is 0 Å². The van der Waals surface area contributed by atoms with Crippen LogP contribution >= 0.6 is 114 Å². The highest BCUT2D eigenvalue weighted by molar-refractivity contribution is 8.34. The zero-order valence-corrected chi connectivity index (χ0v) is 56.9. The van der Waals surface area contributed by atoms with Crippen LogP contribution < -0.4 is 0 Å². The Morgan fingerprint density at radius 2 is 0.309 bits per heavy atom. The second-order valence-electron chi connectivity index (χ2n) is 19.4. The lowest BCUT2D eigenvalue weighted by Gasteiger charge is -2.35. The molecule has 0 fully saturated rings. The molecule has 432 valence electrons. The van der Waals surface area contributed by atoms with Crippen molar-refractivity contribution in [1.29, 1.82) is 0 Å². The van der Waals surface area contributed by atoms with Gasteiger partial charge in [0.15, 0.2) is 0 Å². The summed E-state index contributed by atoms with van der Waals surface area (Å²) in [5, 5.41) is 0. The molecule has 0 saturated heterocycles. The molecule has 0 aliphatic heterocycles. The molecule has 12 nitrogen and oxygen atoms in total. The quantitative estimate of drug-likeness (QED) is 0.0467. The van der Waals surface area contributed by atoms with Gasteiger partial charge in [0, 0.05) is 0 Å². The highest BCUT2D eigenvalue weighted by Gasteiger charge is 2.39. The van der Waals surface area contributed by atoms with E-state index < -0.39 is 114 Å². The van der Waals surface area contributed by atoms with E-state index in [1.807, 2.05) is 155 Å². The molecule has 0 atom stereocenters. The van der Waals surface area contributed by atoms with E-state index in [2.05, 4.69) is 0 Å². The lowest BCUT2D eigenvalue weighted by molar-refractivity contribution is 0.366. The maximum absolute atomic E-state index is 13.9. The van der Waals surface area contributed by atoms with Crippen LogP contribution in [0.5, 0.6) is 0 Å². The summed E-state index contributed by atoms with van der Waals surface area (Å²) in [5.41, 5.74) is 0. The van der Waals surface area contributed by atoms with Crippen LogP contribution in [0.4, 0.5) is 16.8 Å². The van der Waals surface area contributed by atoms with Crippen molar-refractivity contribution in [2.24, 2.45) is 0 Å². The van der Waals surface area contributed by atoms with Gasteiger partial charge in [0.1, 0.15) is 0 Å². The largest absolute Gasteiger partial charge is 0.532 e. The minimum atomic E-state index is -4.42. The van der Waals surface area contributed by atoms with Crippen molar-refractivity contribution >= 4 is 114 Å². The monoisotopic (exact) mass is 1230 g/mol. The fourth-order valence-electron chi connectivity index (χ4n) is 6.21. The molecule has 0 aliphatic carbocycles. The van der Waals surface area contributed by atoms with Crippen molar-refractivity contribution in [2.75, 3.05) is 146 Å². The van der Waals surface area contributed by atoms with E-state index in [1.165, 1.54) is 0 Å². The molecule has 0 radical (unpaired) electrons. The van der Waals surface area contributed by atoms with Crippen LogP contribution in [0.3, 0.4) is 0 Å². The molecular weight excluding hydrogens is 1130 g/mol. The van der Waals surface area contributed by atoms with Crippen LogP contribution in [0.25, 0.3) is 0 Å². The number of hydrogen-bond donors (Lipinski definition) is 0. The summed E-state index contributed by atoms with van der Waals surface area (Å²) in [6, 6.07) is 0. The van der Waals surface area contributed by atoms with Gasteiger partial charge in [-0.15, -0.1) is 99.3 Å². The maximum Gasteiger partial charge on any atom is 0.532 e. The van der Waals surface area contributed by atoms with E-state index in [-0.39, 0.29) is 0 Å². The van der Waals surface area contributed by atoms with E-state index in [0.29, 0.717) is 0 Å². The van der Waals surface area contributed by atoms with E-state index in [4.69, 9.17) is 31.8 Å². The molecule has 0 aromatic heterocycles. The Balaban J connectivity index is -0.000000402. The van der Waals surface area contributed by atoms with Crippen molar-refractivity contribution in [1.82, 2.24) is 0 Å². The van der Waals surface area contributed by atoms with Crippen LogP contribution in [-0.4, -0.2) is 146 Å². The summed E-state index contributed by atoms with van der Waals surface area (Å²) in [6.07, 6.45) is 36.1. The zero-order chi connectivity index (χ0) is 55.0. The molecule has 0 spiro atoms. The van der Waals surface area contributed by atoms with Gasteiger partial charge in [-0.3, -0.25) is 0 Å². The standard InChI is InChI=1S/4C10H26FO3PS2/c4*1-7-9-16(3,4)13-15(11,12)14-17(5,6)10-8-2/h4*7-10H2,1-6H3. The summed E-state index contributed by atoms with van der Waals surface area (Å²) in [6.45, 7) is 16.0. The van der Waals surface area contributed by atoms with Crippen molar-refractivity contribution in [3.8, 4) is 0 Å². The summed E-state index contributed by atoms with van der Waals surface area (Å²) in [7, 11) is -30.7. The maximum atomic E-state index is 13.9. The lowest BCUT2D eigenvalue weighted by Crippen LogP contribution is -2.07. The SMILES string of the molecule is CCCS(C)(C)OP(=O)(F)OS(C)(C)CCC.CCCS(C)(C)OP(=O)(F)OS(C)(C)CCC.CCCS(C)(C)OP(=O)(F)OS(C)(C)CCC.CCCS(C)(C)OP(=O)(F)OS(C)(C)CCC. The predicted octanol–water partition coefficient (Wildman–Crippen LogP) is 19.5. The topological polar surface area (TPSA) is 142 Å². The van der Waals surface area contributed by atoms with E-state index >= 15 is 0 Å². The Labute approximate surface area is 430 Å². The fourth-order valence-corrected chi connectivity index (χ4v) is 33.2. The van der Waals surface area contributed by atoms with Crippen molar-refractivity contribution in [3.05, 3.63) is 0 Å². The first kappa shape index (κ1) is 77.6. The summed E-state index contributed by atoms with van der Waals surface area (Å²) >= 11 is 0. The van der Waals surface area contributed by atoms with Gasteiger partial charge in [0.05, 0.1) is 0 Å². The second kappa shape index (κ2) is 34.1. The van der Waals surface area contributed by atoms with Crippen molar-refractivity contribution in [2.45, 2.75) is 107 Å². The third-order valence-electron chi connectivity index (χ3n) is 7.89. The first-order valence-electron chi connectivity index (χ1n) is 22.7. The average molecular weight is 1230 g/mol. The van der Waals surface area contributed by atoms with Gasteiger partial charge in [0.25, 0.3) is 0 Å². The van der Waals surface area contributed by atoms with Crippen LogP contribution in [-0.2, 0) is 50.0 Å². The summed E-state index contributed by atoms with van der Waals surface area (Å²) in [4.78, 5) is 0. The van der Waals surface area contributed by atoms with E-state index in [0.717, 1.165) is 97.4 Å². The second-order valence-corrected chi connectivity index (χ2v) is 53.9. The van der Waals surface area contributed by atoms with Crippen LogP contribution in [0.1, 0.15) is 107 Å². The van der Waals surface area contributed by atoms with E-state index in [9.17, 15) is 35.0 Å². The highest BCUT2D eigenvalue weighted by atomic mass is 32.3. The van der Waals surface area contributed by atoms with Gasteiger partial charge >= 0.3 is 31.6 Å². The van der Waals surface area contributed by atoms with Crippen molar-refractivity contribution in [3.63, 3.8) is 0 Å². The summed E-state index contributed by atoms with van der Waals surface area (Å²) in [5.74, 6) is 5.84. The van der Waals surface area contributed by atoms with Crippen molar-refractivity contribution < 1.29 is 66.8 Å². The minimum Gasteiger partial charge on any atom is -0.234 e. The molecule has 0 N–H and O–H groups in total. The average Bonchev–Trinajstić information content (AvgIpc) is 3.00. The Hall–Kier alpha value is 3.12.